The first-order valence-corrected chi connectivity index (χ1v) is 32.7. The Morgan fingerprint density at radius 2 is 0.774 bits per heavy atom. The third-order valence-electron chi connectivity index (χ3n) is 16.1. The second-order valence-corrected chi connectivity index (χ2v) is 24.5. The fraction of sp³-hybridized carbons (Fsp3) is 0.641. The van der Waals surface area contributed by atoms with Crippen molar-refractivity contribution in [3.63, 3.8) is 0 Å². The van der Waals surface area contributed by atoms with E-state index in [1.165, 1.54) is 0 Å². The van der Waals surface area contributed by atoms with E-state index in [1.54, 1.807) is 42.5 Å². The van der Waals surface area contributed by atoms with Crippen LogP contribution in [0.1, 0.15) is 127 Å². The summed E-state index contributed by atoms with van der Waals surface area (Å²) in [7, 11) is 0. The van der Waals surface area contributed by atoms with Gasteiger partial charge in [0.2, 0.25) is 35.4 Å². The van der Waals surface area contributed by atoms with Crippen LogP contribution in [0.5, 0.6) is 0 Å². The van der Waals surface area contributed by atoms with Gasteiger partial charge in [0, 0.05) is 142 Å². The van der Waals surface area contributed by atoms with E-state index in [9.17, 15) is 68.1 Å². The van der Waals surface area contributed by atoms with E-state index in [4.69, 9.17) is 5.11 Å². The first-order chi connectivity index (χ1) is 44.6. The summed E-state index contributed by atoms with van der Waals surface area (Å²) in [6.45, 7) is 11.2. The Bertz CT molecular complexity index is 2620. The van der Waals surface area contributed by atoms with Crippen LogP contribution >= 0.6 is 0 Å². The number of rotatable bonds is 39. The van der Waals surface area contributed by atoms with E-state index in [0.717, 1.165) is 44.8 Å². The third-order valence-corrected chi connectivity index (χ3v) is 16.1. The van der Waals surface area contributed by atoms with Gasteiger partial charge in [0.25, 0.3) is 0 Å². The zero-order valence-electron chi connectivity index (χ0n) is 53.8. The number of carbonyl (C=O) groups excluding carboxylic acids is 7. The fourth-order valence-electron chi connectivity index (χ4n) is 10.8. The first-order valence-electron chi connectivity index (χ1n) is 32.7. The Morgan fingerprint density at radius 1 is 0.398 bits per heavy atom. The van der Waals surface area contributed by atoms with Gasteiger partial charge >= 0.3 is 29.9 Å². The summed E-state index contributed by atoms with van der Waals surface area (Å²) in [6.07, 6.45) is 3.84. The Balaban J connectivity index is 1.20. The molecule has 3 unspecified atom stereocenters. The van der Waals surface area contributed by atoms with Crippen molar-refractivity contribution in [1.82, 2.24) is 74.4 Å². The second kappa shape index (κ2) is 43.9. The molecule has 0 spiro atoms. The van der Waals surface area contributed by atoms with Gasteiger partial charge in [0.1, 0.15) is 30.2 Å². The van der Waals surface area contributed by atoms with Crippen LogP contribution in [0.15, 0.2) is 60.7 Å². The molecule has 518 valence electrons. The van der Waals surface area contributed by atoms with Crippen LogP contribution in [0.4, 0.5) is 4.79 Å². The number of amides is 8. The van der Waals surface area contributed by atoms with Crippen molar-refractivity contribution in [2.75, 3.05) is 91.6 Å². The quantitative estimate of drug-likeness (QED) is 0.0378. The molecule has 0 aliphatic carbocycles. The van der Waals surface area contributed by atoms with Crippen molar-refractivity contribution in [3.05, 3.63) is 71.8 Å². The standard InChI is InChI=1S/C64H102N14O15/c1-63-39-65-31-34-68-42-64(43-69-35-32-66-40-63,44-70-36-33-67-41-63)78-55(82)26-16-25-54(81)73-50(37-45-17-6-4-7-18-45)57(85)75-51(38-46-19-8-5-9-20-46)58(86)74-47(59(87)88)21-12-14-29-71-52(79)23-10-2-3-11-24-53(80)72-30-15-13-22-48(60(89)90)76-62(93)77-49(61(91)92)27-28-56(83)84/h4-9,17-20,47-51,65-70H,2-3,10-16,21-44H2,1H3,(H,71,79)(H,72,80)(H,73,81)(H,74,86)(H,75,85)(H,78,82)(H,83,84)(H,87,88)(H,89,90)(H,91,92)(H2,76,77,93)/t47?,48?,49?,50-,51-,63?,64?/m1/s1. The maximum absolute atomic E-state index is 14.3. The Morgan fingerprint density at radius 3 is 1.20 bits per heavy atom. The topological polar surface area (TPSA) is 437 Å². The molecular formula is C64H102N14O15. The molecule has 93 heavy (non-hydrogen) atoms. The molecule has 3 saturated heterocycles. The zero-order chi connectivity index (χ0) is 67.7. The summed E-state index contributed by atoms with van der Waals surface area (Å²) in [4.78, 5) is 139. The minimum absolute atomic E-state index is 0.00571. The molecular weight excluding hydrogens is 1200 g/mol. The van der Waals surface area contributed by atoms with Gasteiger partial charge in [-0.05, 0) is 75.3 Å². The molecule has 29 nitrogen and oxygen atoms in total. The molecule has 3 aliphatic heterocycles. The van der Waals surface area contributed by atoms with Gasteiger partial charge in [-0.2, -0.15) is 0 Å². The molecule has 0 aromatic heterocycles. The van der Waals surface area contributed by atoms with E-state index >= 15 is 0 Å². The summed E-state index contributed by atoms with van der Waals surface area (Å²) in [6, 6.07) is 10.3. The first kappa shape index (κ1) is 77.6. The highest BCUT2D eigenvalue weighted by atomic mass is 16.4. The van der Waals surface area contributed by atoms with Gasteiger partial charge in [-0.25, -0.2) is 19.2 Å². The summed E-state index contributed by atoms with van der Waals surface area (Å²) >= 11 is 0. The van der Waals surface area contributed by atoms with E-state index in [-0.39, 0.29) is 100 Å². The van der Waals surface area contributed by atoms with Crippen molar-refractivity contribution in [2.24, 2.45) is 5.41 Å². The smallest absolute Gasteiger partial charge is 0.326 e. The van der Waals surface area contributed by atoms with Crippen LogP contribution in [0.25, 0.3) is 0 Å². The summed E-state index contributed by atoms with van der Waals surface area (Å²) < 4.78 is 0. The lowest BCUT2D eigenvalue weighted by Gasteiger charge is -2.37. The number of unbranched alkanes of at least 4 members (excludes halogenated alkanes) is 5. The van der Waals surface area contributed by atoms with Crippen LogP contribution in [-0.2, 0) is 60.8 Å². The average Bonchev–Trinajstić information content (AvgIpc) is 2.95. The monoisotopic (exact) mass is 1310 g/mol. The van der Waals surface area contributed by atoms with Gasteiger partial charge in [0.15, 0.2) is 0 Å². The predicted molar refractivity (Wildman–Crippen MR) is 347 cm³/mol. The molecule has 0 radical (unpaired) electrons. The van der Waals surface area contributed by atoms with Crippen LogP contribution in [0.2, 0.25) is 0 Å². The molecule has 0 saturated carbocycles. The number of fused-ring (bicyclic) bond motifs is 15. The number of carbonyl (C=O) groups is 11. The molecule has 5 atom stereocenters. The van der Waals surface area contributed by atoms with Crippen LogP contribution in [-0.4, -0.2) is 213 Å². The molecule has 3 aliphatic rings. The molecule has 3 fully saturated rings. The van der Waals surface area contributed by atoms with E-state index in [0.29, 0.717) is 96.2 Å². The maximum atomic E-state index is 14.3. The number of carboxylic acids is 4. The van der Waals surface area contributed by atoms with Crippen LogP contribution < -0.4 is 74.4 Å². The highest BCUT2D eigenvalue weighted by Crippen LogP contribution is 2.15. The largest absolute Gasteiger partial charge is 0.481 e. The number of hydrogen-bond donors (Lipinski definition) is 18. The summed E-state index contributed by atoms with van der Waals surface area (Å²) in [5.41, 5.74) is 0.788. The summed E-state index contributed by atoms with van der Waals surface area (Å²) in [5, 5.41) is 80.5. The van der Waals surface area contributed by atoms with Gasteiger partial charge in [-0.1, -0.05) is 80.4 Å². The molecule has 2 aromatic carbocycles. The van der Waals surface area contributed by atoms with Crippen molar-refractivity contribution in [1.29, 1.82) is 0 Å². The highest BCUT2D eigenvalue weighted by molar-refractivity contribution is 5.94. The third kappa shape index (κ3) is 33.5. The highest BCUT2D eigenvalue weighted by Gasteiger charge is 2.34. The van der Waals surface area contributed by atoms with Crippen molar-refractivity contribution < 1.29 is 73.2 Å². The van der Waals surface area contributed by atoms with Crippen molar-refractivity contribution in [2.45, 2.75) is 165 Å². The fourth-order valence-corrected chi connectivity index (χ4v) is 10.8. The SMILES string of the molecule is CC12CNCCNCC(NC(=O)CCCC(=O)N[C@H](Cc3ccccc3)C(=O)N[C@H](Cc3ccccc3)C(=O)NC(CCCCNC(=O)CCCCCCC(=O)NCCCCC(NC(=O)NC(CCC(=O)O)C(=O)O)C(=O)O)C(=O)O)(CNCCNC1)CNCCNC2. The Hall–Kier alpha value is -7.83. The second-order valence-electron chi connectivity index (χ2n) is 24.5. The molecule has 8 amide bonds. The van der Waals surface area contributed by atoms with Gasteiger partial charge in [-0.3, -0.25) is 33.6 Å². The minimum Gasteiger partial charge on any atom is -0.481 e. The predicted octanol–water partition coefficient (Wildman–Crippen LogP) is -0.409. The van der Waals surface area contributed by atoms with Gasteiger partial charge in [-0.15, -0.1) is 0 Å². The Kier molecular flexibility index (Phi) is 36.6. The molecule has 5 rings (SSSR count). The zero-order valence-corrected chi connectivity index (χ0v) is 53.8. The number of urea groups is 1. The van der Waals surface area contributed by atoms with Crippen LogP contribution in [0.3, 0.4) is 0 Å². The van der Waals surface area contributed by atoms with E-state index in [1.807, 2.05) is 18.2 Å². The van der Waals surface area contributed by atoms with Crippen LogP contribution in [0, 0.1) is 5.41 Å². The number of hydrogen-bond acceptors (Lipinski definition) is 17. The van der Waals surface area contributed by atoms with Gasteiger partial charge in [0.05, 0.1) is 5.54 Å². The van der Waals surface area contributed by atoms with Crippen molar-refractivity contribution >= 4 is 65.4 Å². The van der Waals surface area contributed by atoms with Crippen molar-refractivity contribution in [3.8, 4) is 0 Å². The lowest BCUT2D eigenvalue weighted by Crippen LogP contribution is -2.66. The molecule has 2 aromatic rings. The molecule has 2 bridgehead atoms. The lowest BCUT2D eigenvalue weighted by molar-refractivity contribution is -0.143. The number of aliphatic carboxylic acids is 4. The van der Waals surface area contributed by atoms with Gasteiger partial charge < -0.3 is 94.9 Å². The maximum Gasteiger partial charge on any atom is 0.326 e. The molecule has 29 heteroatoms. The number of nitrogens with one attached hydrogen (secondary N) is 14. The number of carboxylic acid groups (broad SMARTS) is 4. The lowest BCUT2D eigenvalue weighted by atomic mass is 9.90. The normalized spacial score (nSPS) is 18.8. The van der Waals surface area contributed by atoms with E-state index < -0.39 is 89.8 Å². The molecule has 18 N–H and O–H groups in total. The van der Waals surface area contributed by atoms with E-state index in [2.05, 4.69) is 81.4 Å². The minimum atomic E-state index is -1.52. The molecule has 3 heterocycles. The number of benzene rings is 2. The average molecular weight is 1310 g/mol. The Labute approximate surface area is 544 Å². The summed E-state index contributed by atoms with van der Waals surface area (Å²) in [5.74, 6) is -7.83.